The number of nitrogens with two attached hydrogens (primary N) is 1. The third-order valence-corrected chi connectivity index (χ3v) is 3.00. The molecule has 0 saturated carbocycles. The summed E-state index contributed by atoms with van der Waals surface area (Å²) in [5.74, 6) is 0.476. The first-order valence-electron chi connectivity index (χ1n) is 6.72. The Labute approximate surface area is 140 Å². The summed E-state index contributed by atoms with van der Waals surface area (Å²) in [5.41, 5.74) is 7.11. The topological polar surface area (TPSA) is 104 Å². The zero-order valence-corrected chi connectivity index (χ0v) is 13.7. The summed E-state index contributed by atoms with van der Waals surface area (Å²) in [4.78, 5) is 11.7. The van der Waals surface area contributed by atoms with Crippen LogP contribution in [-0.4, -0.2) is 47.8 Å². The monoisotopic (exact) mass is 341 g/mol. The Morgan fingerprint density at radius 2 is 2.04 bits per heavy atom. The van der Waals surface area contributed by atoms with Gasteiger partial charge < -0.3 is 20.5 Å². The Balaban J connectivity index is 0.00000264. The van der Waals surface area contributed by atoms with E-state index in [1.165, 1.54) is 7.11 Å². The molecule has 3 N–H and O–H groups in total. The van der Waals surface area contributed by atoms with Crippen LogP contribution in [0.1, 0.15) is 5.69 Å². The van der Waals surface area contributed by atoms with Gasteiger partial charge in [-0.25, -0.2) is 4.68 Å². The van der Waals surface area contributed by atoms with Crippen molar-refractivity contribution in [1.82, 2.24) is 20.3 Å². The van der Waals surface area contributed by atoms with E-state index in [2.05, 4.69) is 15.6 Å². The maximum Gasteiger partial charge on any atom is 0.239 e. The van der Waals surface area contributed by atoms with Gasteiger partial charge in [-0.2, -0.15) is 0 Å². The second-order valence-corrected chi connectivity index (χ2v) is 4.63. The number of nitrogens with zero attached hydrogens (tertiary/aromatic N) is 3. The van der Waals surface area contributed by atoms with Gasteiger partial charge in [0.1, 0.15) is 17.5 Å². The average molecular weight is 342 g/mol. The van der Waals surface area contributed by atoms with Crippen LogP contribution in [0.3, 0.4) is 0 Å². The largest absolute Gasteiger partial charge is 0.497 e. The molecule has 0 saturated heterocycles. The van der Waals surface area contributed by atoms with E-state index in [9.17, 15) is 4.79 Å². The number of nitrogens with one attached hydrogen (secondary N) is 1. The van der Waals surface area contributed by atoms with Gasteiger partial charge in [0.05, 0.1) is 32.1 Å². The molecule has 8 nitrogen and oxygen atoms in total. The molecular weight excluding hydrogens is 322 g/mol. The first-order chi connectivity index (χ1) is 10.6. The minimum atomic E-state index is -0.693. The number of methoxy groups -OCH3 is 2. The van der Waals surface area contributed by atoms with Crippen LogP contribution in [0.15, 0.2) is 30.5 Å². The number of halogens is 1. The molecule has 1 aromatic carbocycles. The standard InChI is InChI=1S/C14H19N5O3.ClH/c1-21-9-13(15)14(20)16-7-10-8-19(18-17-10)11-3-5-12(22-2)6-4-11;/h3-6,8,13H,7,9,15H2,1-2H3,(H,16,20);1H. The van der Waals surface area contributed by atoms with Crippen LogP contribution in [-0.2, 0) is 16.1 Å². The molecule has 1 unspecified atom stereocenters. The zero-order valence-electron chi connectivity index (χ0n) is 12.9. The number of carbonyl (C=O) groups is 1. The van der Waals surface area contributed by atoms with Gasteiger partial charge >= 0.3 is 0 Å². The van der Waals surface area contributed by atoms with Crippen LogP contribution in [0, 0.1) is 0 Å². The fourth-order valence-corrected chi connectivity index (χ4v) is 1.80. The molecule has 0 aliphatic rings. The Bertz CT molecular complexity index is 617. The Kier molecular flexibility index (Phi) is 7.46. The van der Waals surface area contributed by atoms with E-state index in [1.807, 2.05) is 24.3 Å². The lowest BCUT2D eigenvalue weighted by molar-refractivity contribution is -0.123. The van der Waals surface area contributed by atoms with E-state index in [0.717, 1.165) is 11.4 Å². The van der Waals surface area contributed by atoms with Crippen molar-refractivity contribution in [3.05, 3.63) is 36.2 Å². The summed E-state index contributed by atoms with van der Waals surface area (Å²) in [6.45, 7) is 0.427. The van der Waals surface area contributed by atoms with Gasteiger partial charge in [-0.1, -0.05) is 5.21 Å². The molecule has 0 aliphatic heterocycles. The Hall–Kier alpha value is -2.16. The molecular formula is C14H20ClN5O3. The fourth-order valence-electron chi connectivity index (χ4n) is 1.80. The van der Waals surface area contributed by atoms with Crippen molar-refractivity contribution in [3.8, 4) is 11.4 Å². The second kappa shape index (κ2) is 9.09. The third kappa shape index (κ3) is 5.20. The average Bonchev–Trinajstić information content (AvgIpc) is 3.02. The quantitative estimate of drug-likeness (QED) is 0.750. The molecule has 126 valence electrons. The lowest BCUT2D eigenvalue weighted by Gasteiger charge is -2.09. The van der Waals surface area contributed by atoms with Gasteiger partial charge in [0, 0.05) is 7.11 Å². The summed E-state index contributed by atoms with van der Waals surface area (Å²) < 4.78 is 11.6. The molecule has 1 atom stereocenters. The predicted molar refractivity (Wildman–Crippen MR) is 86.9 cm³/mol. The number of hydrogen-bond donors (Lipinski definition) is 2. The van der Waals surface area contributed by atoms with Crippen LogP contribution in [0.25, 0.3) is 5.69 Å². The molecule has 0 aliphatic carbocycles. The number of hydrogen-bond acceptors (Lipinski definition) is 6. The molecule has 2 aromatic rings. The summed E-state index contributed by atoms with van der Waals surface area (Å²) in [5, 5.41) is 10.7. The highest BCUT2D eigenvalue weighted by Crippen LogP contribution is 2.14. The van der Waals surface area contributed by atoms with E-state index < -0.39 is 6.04 Å². The van der Waals surface area contributed by atoms with E-state index in [0.29, 0.717) is 5.69 Å². The van der Waals surface area contributed by atoms with Gasteiger partial charge in [0.2, 0.25) is 5.91 Å². The van der Waals surface area contributed by atoms with E-state index in [1.54, 1.807) is 18.0 Å². The Morgan fingerprint density at radius 3 is 2.65 bits per heavy atom. The zero-order chi connectivity index (χ0) is 15.9. The summed E-state index contributed by atoms with van der Waals surface area (Å²) in [6.07, 6.45) is 1.74. The van der Waals surface area contributed by atoms with E-state index in [-0.39, 0.29) is 31.5 Å². The molecule has 0 bridgehead atoms. The second-order valence-electron chi connectivity index (χ2n) is 4.63. The highest BCUT2D eigenvalue weighted by atomic mass is 35.5. The summed E-state index contributed by atoms with van der Waals surface area (Å²) in [7, 11) is 3.10. The molecule has 1 amide bonds. The summed E-state index contributed by atoms with van der Waals surface area (Å²) >= 11 is 0. The van der Waals surface area contributed by atoms with Gasteiger partial charge in [-0.05, 0) is 24.3 Å². The number of ether oxygens (including phenoxy) is 2. The maximum atomic E-state index is 11.7. The SMILES string of the molecule is COCC(N)C(=O)NCc1cn(-c2ccc(OC)cc2)nn1.Cl. The fraction of sp³-hybridized carbons (Fsp3) is 0.357. The minimum Gasteiger partial charge on any atom is -0.497 e. The lowest BCUT2D eigenvalue weighted by atomic mass is 10.3. The number of amides is 1. The van der Waals surface area contributed by atoms with E-state index in [4.69, 9.17) is 15.2 Å². The molecule has 0 fully saturated rings. The van der Waals surface area contributed by atoms with Crippen molar-refractivity contribution in [2.45, 2.75) is 12.6 Å². The van der Waals surface area contributed by atoms with Crippen LogP contribution in [0.2, 0.25) is 0 Å². The van der Waals surface area contributed by atoms with Crippen molar-refractivity contribution in [3.63, 3.8) is 0 Å². The van der Waals surface area contributed by atoms with Crippen molar-refractivity contribution in [2.75, 3.05) is 20.8 Å². The molecule has 0 spiro atoms. The van der Waals surface area contributed by atoms with Crippen molar-refractivity contribution >= 4 is 18.3 Å². The smallest absolute Gasteiger partial charge is 0.239 e. The molecule has 2 rings (SSSR count). The first kappa shape index (κ1) is 18.9. The number of rotatable bonds is 7. The van der Waals surface area contributed by atoms with Crippen molar-refractivity contribution < 1.29 is 14.3 Å². The van der Waals surface area contributed by atoms with Gasteiger partial charge in [-0.15, -0.1) is 17.5 Å². The predicted octanol–water partition coefficient (Wildman–Crippen LogP) is 0.288. The van der Waals surface area contributed by atoms with Gasteiger partial charge in [0.15, 0.2) is 0 Å². The number of aromatic nitrogens is 3. The highest BCUT2D eigenvalue weighted by molar-refractivity contribution is 5.85. The number of carbonyl (C=O) groups excluding carboxylic acids is 1. The normalized spacial score (nSPS) is 11.4. The number of benzene rings is 1. The van der Waals surface area contributed by atoms with Crippen LogP contribution < -0.4 is 15.8 Å². The van der Waals surface area contributed by atoms with Crippen LogP contribution in [0.5, 0.6) is 5.75 Å². The van der Waals surface area contributed by atoms with Crippen LogP contribution >= 0.6 is 12.4 Å². The van der Waals surface area contributed by atoms with Crippen molar-refractivity contribution in [2.24, 2.45) is 5.73 Å². The lowest BCUT2D eigenvalue weighted by Crippen LogP contribution is -2.43. The maximum absolute atomic E-state index is 11.7. The molecule has 0 radical (unpaired) electrons. The highest BCUT2D eigenvalue weighted by Gasteiger charge is 2.13. The van der Waals surface area contributed by atoms with Gasteiger partial charge in [0.25, 0.3) is 0 Å². The molecule has 1 aromatic heterocycles. The molecule has 9 heteroatoms. The summed E-state index contributed by atoms with van der Waals surface area (Å²) in [6, 6.07) is 6.71. The first-order valence-corrected chi connectivity index (χ1v) is 6.72. The third-order valence-electron chi connectivity index (χ3n) is 3.00. The van der Waals surface area contributed by atoms with Crippen molar-refractivity contribution in [1.29, 1.82) is 0 Å². The minimum absolute atomic E-state index is 0. The Morgan fingerprint density at radius 1 is 1.35 bits per heavy atom. The van der Waals surface area contributed by atoms with Gasteiger partial charge in [-0.3, -0.25) is 4.79 Å². The van der Waals surface area contributed by atoms with E-state index >= 15 is 0 Å². The van der Waals surface area contributed by atoms with Crippen LogP contribution in [0.4, 0.5) is 0 Å². The molecule has 23 heavy (non-hydrogen) atoms. The molecule has 1 heterocycles.